The first-order valence-electron chi connectivity index (χ1n) is 9.91. The second kappa shape index (κ2) is 6.40. The average molecular weight is 401 g/mol. The summed E-state index contributed by atoms with van der Waals surface area (Å²) in [6, 6.07) is 8.03. The number of H-pyrrole nitrogens is 1. The summed E-state index contributed by atoms with van der Waals surface area (Å²) in [6.07, 6.45) is 9.28. The summed E-state index contributed by atoms with van der Waals surface area (Å²) in [7, 11) is -3.82. The van der Waals surface area contributed by atoms with Gasteiger partial charge in [-0.25, -0.2) is 8.42 Å². The zero-order valence-corrected chi connectivity index (χ0v) is 16.4. The molecule has 0 unspecified atom stereocenters. The number of anilines is 1. The molecular formula is C20H24N4O3S. The Morgan fingerprint density at radius 2 is 1.68 bits per heavy atom. The van der Waals surface area contributed by atoms with Crippen molar-refractivity contribution in [2.45, 2.75) is 49.1 Å². The molecule has 1 heterocycles. The minimum Gasteiger partial charge on any atom is -0.325 e. The lowest BCUT2D eigenvalue weighted by atomic mass is 9.48. The van der Waals surface area contributed by atoms with Gasteiger partial charge in [0.05, 0.1) is 0 Å². The Morgan fingerprint density at radius 3 is 2.21 bits per heavy atom. The molecule has 0 aliphatic heterocycles. The van der Waals surface area contributed by atoms with E-state index in [1.54, 1.807) is 0 Å². The molecule has 1 aromatic carbocycles. The second-order valence-electron chi connectivity index (χ2n) is 8.88. The zero-order chi connectivity index (χ0) is 19.4. The predicted octanol–water partition coefficient (Wildman–Crippen LogP) is 2.68. The van der Waals surface area contributed by atoms with E-state index >= 15 is 0 Å². The van der Waals surface area contributed by atoms with Crippen molar-refractivity contribution in [3.63, 3.8) is 0 Å². The van der Waals surface area contributed by atoms with Crippen LogP contribution < -0.4 is 5.32 Å². The van der Waals surface area contributed by atoms with Crippen molar-refractivity contribution in [1.82, 2.24) is 15.2 Å². The first-order chi connectivity index (χ1) is 13.4. The van der Waals surface area contributed by atoms with E-state index in [0.29, 0.717) is 11.1 Å². The molecule has 28 heavy (non-hydrogen) atoms. The molecule has 4 saturated carbocycles. The van der Waals surface area contributed by atoms with Crippen molar-refractivity contribution in [2.75, 3.05) is 11.1 Å². The number of sulfone groups is 1. The molecule has 2 aromatic rings. The van der Waals surface area contributed by atoms with Gasteiger partial charge in [-0.05, 0) is 79.4 Å². The Hall–Kier alpha value is -2.22. The van der Waals surface area contributed by atoms with Gasteiger partial charge in [-0.1, -0.05) is 12.1 Å². The van der Waals surface area contributed by atoms with Crippen LogP contribution in [0.3, 0.4) is 0 Å². The molecule has 0 spiro atoms. The fourth-order valence-electron chi connectivity index (χ4n) is 6.16. The first-order valence-corrected chi connectivity index (χ1v) is 11.6. The van der Waals surface area contributed by atoms with E-state index in [2.05, 4.69) is 32.6 Å². The molecule has 6 rings (SSSR count). The summed E-state index contributed by atoms with van der Waals surface area (Å²) < 4.78 is 24.2. The van der Waals surface area contributed by atoms with Gasteiger partial charge in [-0.2, -0.15) is 0 Å². The third kappa shape index (κ3) is 3.13. The molecule has 1 aromatic heterocycles. The summed E-state index contributed by atoms with van der Waals surface area (Å²) in [5.74, 6) is 1.39. The Kier molecular flexibility index (Phi) is 4.08. The van der Waals surface area contributed by atoms with Crippen LogP contribution in [0.4, 0.5) is 5.69 Å². The lowest BCUT2D eigenvalue weighted by Crippen LogP contribution is -2.48. The van der Waals surface area contributed by atoms with Gasteiger partial charge in [0.2, 0.25) is 20.9 Å². The van der Waals surface area contributed by atoms with Gasteiger partial charge in [0.1, 0.15) is 12.1 Å². The molecule has 8 heteroatoms. The molecule has 4 aliphatic carbocycles. The fourth-order valence-corrected chi connectivity index (χ4v) is 7.11. The highest BCUT2D eigenvalue weighted by molar-refractivity contribution is 7.91. The highest BCUT2D eigenvalue weighted by Gasteiger charge is 2.51. The Balaban J connectivity index is 1.28. The van der Waals surface area contributed by atoms with Crippen LogP contribution >= 0.6 is 0 Å². The predicted molar refractivity (Wildman–Crippen MR) is 103 cm³/mol. The quantitative estimate of drug-likeness (QED) is 0.803. The third-order valence-corrected chi connectivity index (χ3v) is 8.26. The van der Waals surface area contributed by atoms with E-state index in [4.69, 9.17) is 0 Å². The minimum atomic E-state index is -3.82. The molecule has 0 atom stereocenters. The maximum atomic E-state index is 12.2. The average Bonchev–Trinajstić information content (AvgIpc) is 3.16. The Morgan fingerprint density at radius 1 is 1.07 bits per heavy atom. The molecule has 0 saturated heterocycles. The molecule has 148 valence electrons. The number of benzene rings is 1. The monoisotopic (exact) mass is 400 g/mol. The van der Waals surface area contributed by atoms with E-state index in [1.807, 2.05) is 12.1 Å². The number of carbonyl (C=O) groups is 1. The van der Waals surface area contributed by atoms with Gasteiger partial charge in [0, 0.05) is 5.69 Å². The largest absolute Gasteiger partial charge is 0.325 e. The summed E-state index contributed by atoms with van der Waals surface area (Å²) in [5.41, 5.74) is 2.30. The first kappa shape index (κ1) is 17.8. The molecule has 2 N–H and O–H groups in total. The summed E-state index contributed by atoms with van der Waals surface area (Å²) in [6.45, 7) is 0. The van der Waals surface area contributed by atoms with E-state index < -0.39 is 21.5 Å². The lowest BCUT2D eigenvalue weighted by molar-refractivity contribution is -0.113. The van der Waals surface area contributed by atoms with Gasteiger partial charge in [-0.3, -0.25) is 4.79 Å². The maximum Gasteiger partial charge on any atom is 0.247 e. The van der Waals surface area contributed by atoms with Crippen molar-refractivity contribution in [3.8, 4) is 0 Å². The summed E-state index contributed by atoms with van der Waals surface area (Å²) in [5, 5.41) is 9.32. The lowest BCUT2D eigenvalue weighted by Gasteiger charge is -2.57. The number of aromatic amines is 1. The van der Waals surface area contributed by atoms with Crippen LogP contribution in [0, 0.1) is 17.8 Å². The molecule has 0 radical (unpaired) electrons. The van der Waals surface area contributed by atoms with E-state index in [9.17, 15) is 13.2 Å². The van der Waals surface area contributed by atoms with Crippen LogP contribution in [0.15, 0.2) is 35.7 Å². The minimum absolute atomic E-state index is 0.292. The van der Waals surface area contributed by atoms with Gasteiger partial charge in [0.25, 0.3) is 0 Å². The smallest absolute Gasteiger partial charge is 0.247 e. The van der Waals surface area contributed by atoms with Crippen LogP contribution in [0.5, 0.6) is 0 Å². The van der Waals surface area contributed by atoms with Crippen LogP contribution in [-0.2, 0) is 20.0 Å². The second-order valence-corrected chi connectivity index (χ2v) is 10.8. The normalized spacial score (nSPS) is 31.1. The highest BCUT2D eigenvalue weighted by atomic mass is 32.2. The number of carbonyl (C=O) groups excluding carboxylic acids is 1. The maximum absolute atomic E-state index is 12.2. The number of rotatable bonds is 5. The van der Waals surface area contributed by atoms with Crippen LogP contribution in [0.25, 0.3) is 0 Å². The van der Waals surface area contributed by atoms with E-state index in [-0.39, 0.29) is 5.16 Å². The van der Waals surface area contributed by atoms with Gasteiger partial charge >= 0.3 is 0 Å². The summed E-state index contributed by atoms with van der Waals surface area (Å²) >= 11 is 0. The SMILES string of the molecule is O=C(CS(=O)(=O)c1nnc[nH]1)Nc1ccc(C23CC4CC(CC(C4)C2)C3)cc1. The van der Waals surface area contributed by atoms with Gasteiger partial charge < -0.3 is 10.3 Å². The van der Waals surface area contributed by atoms with Crippen LogP contribution in [0.2, 0.25) is 0 Å². The van der Waals surface area contributed by atoms with Crippen molar-refractivity contribution in [3.05, 3.63) is 36.2 Å². The molecule has 4 fully saturated rings. The van der Waals surface area contributed by atoms with Crippen LogP contribution in [-0.4, -0.2) is 35.3 Å². The fraction of sp³-hybridized carbons (Fsp3) is 0.550. The van der Waals surface area contributed by atoms with Crippen molar-refractivity contribution in [2.24, 2.45) is 17.8 Å². The topological polar surface area (TPSA) is 105 Å². The molecule has 1 amide bonds. The molecule has 4 aliphatic rings. The number of aromatic nitrogens is 3. The van der Waals surface area contributed by atoms with Crippen molar-refractivity contribution >= 4 is 21.4 Å². The zero-order valence-electron chi connectivity index (χ0n) is 15.6. The van der Waals surface area contributed by atoms with Crippen LogP contribution in [0.1, 0.15) is 44.1 Å². The molecule has 4 bridgehead atoms. The highest BCUT2D eigenvalue weighted by Crippen LogP contribution is 2.60. The summed E-state index contributed by atoms with van der Waals surface area (Å²) in [4.78, 5) is 14.6. The number of hydrogen-bond acceptors (Lipinski definition) is 5. The van der Waals surface area contributed by atoms with E-state index in [1.165, 1.54) is 50.4 Å². The number of hydrogen-bond donors (Lipinski definition) is 2. The number of amides is 1. The van der Waals surface area contributed by atoms with Crippen molar-refractivity contribution < 1.29 is 13.2 Å². The standard InChI is InChI=1S/C20H24N4O3S/c25-18(11-28(26,27)19-21-12-22-24-19)23-17-3-1-16(2-4-17)20-8-13-5-14(9-20)7-15(6-13)10-20/h1-4,12-15H,5-11H2,(H,23,25)(H,21,22,24). The molecule has 7 nitrogen and oxygen atoms in total. The number of nitrogens with one attached hydrogen (secondary N) is 2. The molecular weight excluding hydrogens is 376 g/mol. The van der Waals surface area contributed by atoms with Gasteiger partial charge in [-0.15, -0.1) is 10.2 Å². The number of nitrogens with zero attached hydrogens (tertiary/aromatic N) is 2. The van der Waals surface area contributed by atoms with Crippen molar-refractivity contribution in [1.29, 1.82) is 0 Å². The third-order valence-electron chi connectivity index (χ3n) is 6.83. The Bertz CT molecular complexity index is 948. The van der Waals surface area contributed by atoms with Gasteiger partial charge in [0.15, 0.2) is 0 Å². The Labute approximate surface area is 164 Å². The van der Waals surface area contributed by atoms with E-state index in [0.717, 1.165) is 17.8 Å².